The minimum Gasteiger partial charge on any atom is -0.454 e. The fourth-order valence-electron chi connectivity index (χ4n) is 4.07. The van der Waals surface area contributed by atoms with Gasteiger partial charge in [0.25, 0.3) is 0 Å². The second-order valence-corrected chi connectivity index (χ2v) is 11.6. The Bertz CT molecular complexity index is 1210. The highest BCUT2D eigenvalue weighted by atomic mass is 32.2. The molecule has 2 aromatic carbocycles. The third kappa shape index (κ3) is 6.94. The zero-order valence-electron chi connectivity index (χ0n) is 22.2. The topological polar surface area (TPSA) is 105 Å². The van der Waals surface area contributed by atoms with Crippen molar-refractivity contribution in [2.45, 2.75) is 53.6 Å². The predicted molar refractivity (Wildman–Crippen MR) is 143 cm³/mol. The summed E-state index contributed by atoms with van der Waals surface area (Å²) in [7, 11) is -3.83. The third-order valence-corrected chi connectivity index (χ3v) is 8.04. The molecule has 2 aromatic rings. The lowest BCUT2D eigenvalue weighted by molar-refractivity contribution is -0.140. The van der Waals surface area contributed by atoms with Crippen molar-refractivity contribution >= 4 is 27.5 Å². The van der Waals surface area contributed by atoms with Gasteiger partial charge in [-0.2, -0.15) is 0 Å². The number of carbonyl (C=O) groups is 2. The molecule has 202 valence electrons. The SMILES string of the molecule is CC[C@@H](C(=O)NCC(C)C)N(Cc1ccccc1C)C(=O)CN(c1ccc2c(c1)OCO2)S(=O)(=O)CC. The highest BCUT2D eigenvalue weighted by Gasteiger charge is 2.33. The smallest absolute Gasteiger partial charge is 0.244 e. The van der Waals surface area contributed by atoms with Crippen molar-refractivity contribution in [1.82, 2.24) is 10.2 Å². The summed E-state index contributed by atoms with van der Waals surface area (Å²) in [5.41, 5.74) is 2.16. The van der Waals surface area contributed by atoms with Crippen molar-refractivity contribution in [2.24, 2.45) is 5.92 Å². The molecule has 0 saturated carbocycles. The van der Waals surface area contributed by atoms with E-state index in [0.717, 1.165) is 15.4 Å². The first-order chi connectivity index (χ1) is 17.6. The molecule has 0 radical (unpaired) electrons. The van der Waals surface area contributed by atoms with E-state index in [-0.39, 0.29) is 30.9 Å². The summed E-state index contributed by atoms with van der Waals surface area (Å²) >= 11 is 0. The van der Waals surface area contributed by atoms with Gasteiger partial charge in [0.05, 0.1) is 11.4 Å². The summed E-state index contributed by atoms with van der Waals surface area (Å²) in [6, 6.07) is 11.7. The summed E-state index contributed by atoms with van der Waals surface area (Å²) < 4.78 is 38.1. The van der Waals surface area contributed by atoms with Crippen LogP contribution >= 0.6 is 0 Å². The average Bonchev–Trinajstić information content (AvgIpc) is 3.34. The second-order valence-electron chi connectivity index (χ2n) is 9.46. The number of amides is 2. The van der Waals surface area contributed by atoms with Crippen molar-refractivity contribution < 1.29 is 27.5 Å². The minimum atomic E-state index is -3.83. The van der Waals surface area contributed by atoms with Crippen molar-refractivity contribution in [1.29, 1.82) is 0 Å². The fraction of sp³-hybridized carbons (Fsp3) is 0.481. The maximum absolute atomic E-state index is 13.9. The number of nitrogens with one attached hydrogen (secondary N) is 1. The van der Waals surface area contributed by atoms with Gasteiger partial charge in [0.1, 0.15) is 12.6 Å². The van der Waals surface area contributed by atoms with E-state index in [1.54, 1.807) is 18.2 Å². The first kappa shape index (κ1) is 28.3. The van der Waals surface area contributed by atoms with E-state index in [1.165, 1.54) is 11.8 Å². The molecular weight excluding hydrogens is 494 g/mol. The molecule has 1 atom stereocenters. The largest absolute Gasteiger partial charge is 0.454 e. The highest BCUT2D eigenvalue weighted by Crippen LogP contribution is 2.36. The second kappa shape index (κ2) is 12.3. The number of ether oxygens (including phenoxy) is 2. The van der Waals surface area contributed by atoms with Gasteiger partial charge in [-0.15, -0.1) is 0 Å². The van der Waals surface area contributed by atoms with Crippen LogP contribution in [0, 0.1) is 12.8 Å². The fourth-order valence-corrected chi connectivity index (χ4v) is 5.13. The van der Waals surface area contributed by atoms with E-state index in [1.807, 2.05) is 52.0 Å². The number of benzene rings is 2. The van der Waals surface area contributed by atoms with Gasteiger partial charge >= 0.3 is 0 Å². The number of rotatable bonds is 12. The van der Waals surface area contributed by atoms with Crippen LogP contribution in [-0.4, -0.2) is 56.8 Å². The Labute approximate surface area is 219 Å². The molecule has 0 bridgehead atoms. The first-order valence-corrected chi connectivity index (χ1v) is 14.2. The Morgan fingerprint density at radius 2 is 1.76 bits per heavy atom. The van der Waals surface area contributed by atoms with Crippen LogP contribution in [0.15, 0.2) is 42.5 Å². The van der Waals surface area contributed by atoms with Gasteiger partial charge in [-0.1, -0.05) is 45.0 Å². The standard InChI is InChI=1S/C27H37N3O6S/c1-6-23(27(32)28-15-19(3)4)29(16-21-11-9-8-10-20(21)5)26(31)17-30(37(33,34)7-2)22-12-13-24-25(14-22)36-18-35-24/h8-14,19,23H,6-7,15-18H2,1-5H3,(H,28,32)/t23-/m0/s1. The molecule has 3 rings (SSSR count). The number of hydrogen-bond acceptors (Lipinski definition) is 6. The molecule has 1 aliphatic rings. The van der Waals surface area contributed by atoms with Gasteiger partial charge in [-0.25, -0.2) is 8.42 Å². The molecule has 37 heavy (non-hydrogen) atoms. The van der Waals surface area contributed by atoms with Gasteiger partial charge < -0.3 is 19.7 Å². The van der Waals surface area contributed by atoms with Gasteiger partial charge in [-0.05, 0) is 49.4 Å². The van der Waals surface area contributed by atoms with Crippen LogP contribution in [0.2, 0.25) is 0 Å². The van der Waals surface area contributed by atoms with E-state index in [0.29, 0.717) is 30.2 Å². The molecule has 9 nitrogen and oxygen atoms in total. The van der Waals surface area contributed by atoms with Crippen molar-refractivity contribution in [3.05, 3.63) is 53.6 Å². The lowest BCUT2D eigenvalue weighted by Crippen LogP contribution is -2.52. The predicted octanol–water partition coefficient (Wildman–Crippen LogP) is 3.46. The lowest BCUT2D eigenvalue weighted by Gasteiger charge is -2.33. The summed E-state index contributed by atoms with van der Waals surface area (Å²) in [5, 5.41) is 2.93. The highest BCUT2D eigenvalue weighted by molar-refractivity contribution is 7.92. The summed E-state index contributed by atoms with van der Waals surface area (Å²) in [4.78, 5) is 28.5. The number of sulfonamides is 1. The van der Waals surface area contributed by atoms with E-state index in [4.69, 9.17) is 9.47 Å². The molecule has 0 fully saturated rings. The Morgan fingerprint density at radius 3 is 2.41 bits per heavy atom. The molecule has 0 saturated heterocycles. The van der Waals surface area contributed by atoms with Gasteiger partial charge in [0.15, 0.2) is 11.5 Å². The number of carbonyl (C=O) groups excluding carboxylic acids is 2. The minimum absolute atomic E-state index is 0.0477. The van der Waals surface area contributed by atoms with E-state index in [9.17, 15) is 18.0 Å². The molecule has 1 N–H and O–H groups in total. The summed E-state index contributed by atoms with van der Waals surface area (Å²) in [5.74, 6) is 0.253. The number of fused-ring (bicyclic) bond motifs is 1. The Kier molecular flexibility index (Phi) is 9.42. The van der Waals surface area contributed by atoms with Crippen LogP contribution in [-0.2, 0) is 26.2 Å². The third-order valence-electron chi connectivity index (χ3n) is 6.30. The molecule has 1 heterocycles. The van der Waals surface area contributed by atoms with E-state index in [2.05, 4.69) is 5.32 Å². The maximum Gasteiger partial charge on any atom is 0.244 e. The zero-order chi connectivity index (χ0) is 27.2. The van der Waals surface area contributed by atoms with Gasteiger partial charge in [0.2, 0.25) is 28.6 Å². The molecule has 0 aliphatic carbocycles. The number of anilines is 1. The molecule has 0 spiro atoms. The van der Waals surface area contributed by atoms with Crippen LogP contribution in [0.3, 0.4) is 0 Å². The molecule has 0 aromatic heterocycles. The number of nitrogens with zero attached hydrogens (tertiary/aromatic N) is 2. The summed E-state index contributed by atoms with van der Waals surface area (Å²) in [6.45, 7) is 9.57. The zero-order valence-corrected chi connectivity index (χ0v) is 23.0. The molecule has 1 aliphatic heterocycles. The molecule has 0 unspecified atom stereocenters. The Balaban J connectivity index is 1.97. The van der Waals surface area contributed by atoms with Crippen LogP contribution < -0.4 is 19.1 Å². The van der Waals surface area contributed by atoms with Gasteiger partial charge in [0, 0.05) is 19.2 Å². The average molecular weight is 532 g/mol. The first-order valence-electron chi connectivity index (χ1n) is 12.6. The monoisotopic (exact) mass is 531 g/mol. The summed E-state index contributed by atoms with van der Waals surface area (Å²) in [6.07, 6.45) is 0.381. The van der Waals surface area contributed by atoms with Crippen LogP contribution in [0.1, 0.15) is 45.2 Å². The Morgan fingerprint density at radius 1 is 1.05 bits per heavy atom. The lowest BCUT2D eigenvalue weighted by atomic mass is 10.1. The Hall–Kier alpha value is -3.27. The van der Waals surface area contributed by atoms with Crippen molar-refractivity contribution in [3.8, 4) is 11.5 Å². The molecule has 10 heteroatoms. The van der Waals surface area contributed by atoms with Crippen molar-refractivity contribution in [2.75, 3.05) is 29.9 Å². The van der Waals surface area contributed by atoms with Crippen LogP contribution in [0.5, 0.6) is 11.5 Å². The van der Waals surface area contributed by atoms with Crippen LogP contribution in [0.4, 0.5) is 5.69 Å². The van der Waals surface area contributed by atoms with Crippen molar-refractivity contribution in [3.63, 3.8) is 0 Å². The normalized spacial score (nSPS) is 13.4. The van der Waals surface area contributed by atoms with E-state index < -0.39 is 28.5 Å². The molecule has 2 amide bonds. The van der Waals surface area contributed by atoms with E-state index >= 15 is 0 Å². The van der Waals surface area contributed by atoms with Gasteiger partial charge in [-0.3, -0.25) is 13.9 Å². The number of hydrogen-bond donors (Lipinski definition) is 1. The number of aryl methyl sites for hydroxylation is 1. The quantitative estimate of drug-likeness (QED) is 0.450. The maximum atomic E-state index is 13.9. The van der Waals surface area contributed by atoms with Crippen LogP contribution in [0.25, 0.3) is 0 Å². The molecular formula is C27H37N3O6S.